The molecular weight excluding hydrogens is 240 g/mol. The molecule has 0 amide bonds. The molecule has 0 atom stereocenters. The van der Waals surface area contributed by atoms with E-state index in [0.717, 1.165) is 24.2 Å². The van der Waals surface area contributed by atoms with Gasteiger partial charge in [0.2, 0.25) is 11.7 Å². The number of rotatable bonds is 4. The van der Waals surface area contributed by atoms with Crippen molar-refractivity contribution < 1.29 is 4.52 Å². The minimum absolute atomic E-state index is 0.636. The van der Waals surface area contributed by atoms with Crippen molar-refractivity contribution >= 4 is 5.69 Å². The van der Waals surface area contributed by atoms with E-state index in [1.807, 2.05) is 24.3 Å². The van der Waals surface area contributed by atoms with Crippen LogP contribution in [0.3, 0.4) is 0 Å². The maximum atomic E-state index is 5.66. The second kappa shape index (κ2) is 5.40. The van der Waals surface area contributed by atoms with Gasteiger partial charge in [0.15, 0.2) is 0 Å². The number of likely N-dealkylation sites (tertiary alicyclic amines) is 1. The lowest BCUT2D eigenvalue weighted by atomic mass is 10.2. The predicted molar refractivity (Wildman–Crippen MR) is 73.5 cm³/mol. The lowest BCUT2D eigenvalue weighted by Crippen LogP contribution is -2.21. The van der Waals surface area contributed by atoms with Crippen LogP contribution in [0.25, 0.3) is 11.4 Å². The average molecular weight is 258 g/mol. The first-order valence-electron chi connectivity index (χ1n) is 6.72. The molecule has 100 valence electrons. The zero-order chi connectivity index (χ0) is 13.1. The fourth-order valence-corrected chi connectivity index (χ4v) is 2.37. The van der Waals surface area contributed by atoms with Crippen molar-refractivity contribution in [1.29, 1.82) is 0 Å². The Balaban J connectivity index is 1.63. The van der Waals surface area contributed by atoms with E-state index in [0.29, 0.717) is 11.7 Å². The van der Waals surface area contributed by atoms with Crippen LogP contribution in [0.4, 0.5) is 5.69 Å². The Morgan fingerprint density at radius 2 is 1.89 bits per heavy atom. The first-order chi connectivity index (χ1) is 9.31. The van der Waals surface area contributed by atoms with E-state index in [-0.39, 0.29) is 0 Å². The standard InChI is InChI=1S/C14H18N4O/c15-12-5-3-11(4-6-12)14-16-13(19-17-14)7-10-18-8-1-2-9-18/h3-6H,1-2,7-10,15H2. The van der Waals surface area contributed by atoms with E-state index in [2.05, 4.69) is 15.0 Å². The van der Waals surface area contributed by atoms with E-state index in [9.17, 15) is 0 Å². The molecule has 19 heavy (non-hydrogen) atoms. The van der Waals surface area contributed by atoms with E-state index < -0.39 is 0 Å². The van der Waals surface area contributed by atoms with Crippen LogP contribution in [0.2, 0.25) is 0 Å². The van der Waals surface area contributed by atoms with Crippen molar-refractivity contribution in [2.75, 3.05) is 25.4 Å². The molecule has 1 saturated heterocycles. The number of nitrogens with zero attached hydrogens (tertiary/aromatic N) is 3. The highest BCUT2D eigenvalue weighted by Gasteiger charge is 2.13. The van der Waals surface area contributed by atoms with Gasteiger partial charge in [-0.15, -0.1) is 0 Å². The Morgan fingerprint density at radius 1 is 1.16 bits per heavy atom. The van der Waals surface area contributed by atoms with Gasteiger partial charge in [0.1, 0.15) is 0 Å². The molecule has 0 aliphatic carbocycles. The van der Waals surface area contributed by atoms with E-state index in [4.69, 9.17) is 10.3 Å². The van der Waals surface area contributed by atoms with Crippen molar-refractivity contribution in [3.63, 3.8) is 0 Å². The normalized spacial score (nSPS) is 16.0. The number of anilines is 1. The summed E-state index contributed by atoms with van der Waals surface area (Å²) in [6.45, 7) is 3.39. The molecule has 5 heteroatoms. The number of hydrogen-bond acceptors (Lipinski definition) is 5. The highest BCUT2D eigenvalue weighted by atomic mass is 16.5. The van der Waals surface area contributed by atoms with Gasteiger partial charge in [-0.05, 0) is 50.2 Å². The van der Waals surface area contributed by atoms with Crippen molar-refractivity contribution in [2.45, 2.75) is 19.3 Å². The highest BCUT2D eigenvalue weighted by molar-refractivity contribution is 5.57. The summed E-state index contributed by atoms with van der Waals surface area (Å²) in [5.41, 5.74) is 7.33. The predicted octanol–water partition coefficient (Wildman–Crippen LogP) is 1.96. The molecular formula is C14H18N4O. The summed E-state index contributed by atoms with van der Waals surface area (Å²) in [6, 6.07) is 7.50. The number of aromatic nitrogens is 2. The summed E-state index contributed by atoms with van der Waals surface area (Å²) in [5.74, 6) is 1.34. The van der Waals surface area contributed by atoms with Gasteiger partial charge in [-0.25, -0.2) is 0 Å². The van der Waals surface area contributed by atoms with Crippen LogP contribution in [-0.4, -0.2) is 34.7 Å². The zero-order valence-corrected chi connectivity index (χ0v) is 10.9. The Bertz CT molecular complexity index is 529. The van der Waals surface area contributed by atoms with Gasteiger partial charge in [-0.2, -0.15) is 4.98 Å². The van der Waals surface area contributed by atoms with Crippen LogP contribution < -0.4 is 5.73 Å². The largest absolute Gasteiger partial charge is 0.399 e. The molecule has 0 spiro atoms. The van der Waals surface area contributed by atoms with Crippen LogP contribution in [0.15, 0.2) is 28.8 Å². The van der Waals surface area contributed by atoms with Crippen molar-refractivity contribution in [2.24, 2.45) is 0 Å². The molecule has 0 unspecified atom stereocenters. The molecule has 2 heterocycles. The fraction of sp³-hybridized carbons (Fsp3) is 0.429. The minimum atomic E-state index is 0.636. The summed E-state index contributed by atoms with van der Waals surface area (Å²) in [6.07, 6.45) is 3.43. The van der Waals surface area contributed by atoms with Crippen molar-refractivity contribution in [3.8, 4) is 11.4 Å². The quantitative estimate of drug-likeness (QED) is 0.849. The summed E-state index contributed by atoms with van der Waals surface area (Å²) in [7, 11) is 0. The highest BCUT2D eigenvalue weighted by Crippen LogP contribution is 2.17. The Kier molecular flexibility index (Phi) is 3.46. The smallest absolute Gasteiger partial charge is 0.228 e. The first kappa shape index (κ1) is 12.2. The molecule has 3 rings (SSSR count). The lowest BCUT2D eigenvalue weighted by Gasteiger charge is -2.11. The summed E-state index contributed by atoms with van der Waals surface area (Å²) < 4.78 is 5.29. The van der Waals surface area contributed by atoms with Crippen LogP contribution >= 0.6 is 0 Å². The molecule has 0 saturated carbocycles. The molecule has 1 aliphatic rings. The maximum Gasteiger partial charge on any atom is 0.228 e. The number of nitrogens with two attached hydrogens (primary N) is 1. The fourth-order valence-electron chi connectivity index (χ4n) is 2.37. The van der Waals surface area contributed by atoms with Gasteiger partial charge in [0.25, 0.3) is 0 Å². The van der Waals surface area contributed by atoms with Gasteiger partial charge in [-0.3, -0.25) is 0 Å². The second-order valence-corrected chi connectivity index (χ2v) is 4.93. The Hall–Kier alpha value is -1.88. The van der Waals surface area contributed by atoms with Gasteiger partial charge >= 0.3 is 0 Å². The number of nitrogen functional groups attached to an aromatic ring is 1. The molecule has 1 aromatic heterocycles. The molecule has 5 nitrogen and oxygen atoms in total. The minimum Gasteiger partial charge on any atom is -0.399 e. The van der Waals surface area contributed by atoms with Gasteiger partial charge in [-0.1, -0.05) is 5.16 Å². The monoisotopic (exact) mass is 258 g/mol. The Labute approximate surface area is 112 Å². The molecule has 2 aromatic rings. The maximum absolute atomic E-state index is 5.66. The Morgan fingerprint density at radius 3 is 2.63 bits per heavy atom. The third kappa shape index (κ3) is 2.93. The van der Waals surface area contributed by atoms with E-state index in [1.54, 1.807) is 0 Å². The number of hydrogen-bond donors (Lipinski definition) is 1. The van der Waals surface area contributed by atoms with Gasteiger partial charge in [0.05, 0.1) is 0 Å². The second-order valence-electron chi connectivity index (χ2n) is 4.93. The zero-order valence-electron chi connectivity index (χ0n) is 10.9. The SMILES string of the molecule is Nc1ccc(-c2noc(CCN3CCCC3)n2)cc1. The average Bonchev–Trinajstić information content (AvgIpc) is 3.09. The van der Waals surface area contributed by atoms with Gasteiger partial charge < -0.3 is 15.2 Å². The van der Waals surface area contributed by atoms with Crippen LogP contribution in [0.1, 0.15) is 18.7 Å². The summed E-state index contributed by atoms with van der Waals surface area (Å²) in [5, 5.41) is 4.02. The summed E-state index contributed by atoms with van der Waals surface area (Å²) >= 11 is 0. The molecule has 0 bridgehead atoms. The van der Waals surface area contributed by atoms with E-state index >= 15 is 0 Å². The number of benzene rings is 1. The van der Waals surface area contributed by atoms with Crippen molar-refractivity contribution in [1.82, 2.24) is 15.0 Å². The first-order valence-corrected chi connectivity index (χ1v) is 6.72. The van der Waals surface area contributed by atoms with E-state index in [1.165, 1.54) is 25.9 Å². The topological polar surface area (TPSA) is 68.2 Å². The molecule has 1 fully saturated rings. The van der Waals surface area contributed by atoms with Crippen LogP contribution in [0.5, 0.6) is 0 Å². The van der Waals surface area contributed by atoms with Crippen molar-refractivity contribution in [3.05, 3.63) is 30.2 Å². The van der Waals surface area contributed by atoms with Crippen LogP contribution in [-0.2, 0) is 6.42 Å². The third-order valence-electron chi connectivity index (χ3n) is 3.48. The molecule has 1 aromatic carbocycles. The molecule has 1 aliphatic heterocycles. The molecule has 2 N–H and O–H groups in total. The lowest BCUT2D eigenvalue weighted by molar-refractivity contribution is 0.311. The van der Waals surface area contributed by atoms with Crippen LogP contribution in [0, 0.1) is 0 Å². The third-order valence-corrected chi connectivity index (χ3v) is 3.48. The van der Waals surface area contributed by atoms with Gasteiger partial charge in [0, 0.05) is 24.2 Å². The molecule has 0 radical (unpaired) electrons. The summed E-state index contributed by atoms with van der Waals surface area (Å²) in [4.78, 5) is 6.86.